The second kappa shape index (κ2) is 3.44. The molecule has 0 saturated carbocycles. The molecule has 0 fully saturated rings. The van der Waals surface area contributed by atoms with Crippen LogP contribution >= 0.6 is 0 Å². The normalized spacial score (nSPS) is 11.7. The molecule has 0 bridgehead atoms. The number of aromatic hydroxyl groups is 1. The van der Waals surface area contributed by atoms with E-state index in [4.69, 9.17) is 5.11 Å². The van der Waals surface area contributed by atoms with Gasteiger partial charge in [0.1, 0.15) is 6.54 Å². The second-order valence-electron chi connectivity index (χ2n) is 2.91. The van der Waals surface area contributed by atoms with E-state index < -0.39 is 29.9 Å². The van der Waals surface area contributed by atoms with Gasteiger partial charge in [0, 0.05) is 0 Å². The number of nitrogens with zero attached hydrogens (tertiary/aromatic N) is 1. The largest absolute Gasteiger partial charge is 0.494 e. The van der Waals surface area contributed by atoms with E-state index in [1.807, 2.05) is 0 Å². The zero-order valence-corrected chi connectivity index (χ0v) is 7.55. The van der Waals surface area contributed by atoms with Gasteiger partial charge in [-0.25, -0.2) is 4.79 Å². The summed E-state index contributed by atoms with van der Waals surface area (Å²) < 4.78 is 36.0. The molecule has 1 rings (SSSR count). The first kappa shape index (κ1) is 11.3. The Morgan fingerprint density at radius 1 is 1.40 bits per heavy atom. The molecule has 2 N–H and O–H groups in total. The molecule has 0 unspecified atom stereocenters. The number of H-pyrrole nitrogens is 1. The van der Waals surface area contributed by atoms with Gasteiger partial charge in [0.05, 0.1) is 5.56 Å². The van der Waals surface area contributed by atoms with E-state index in [1.54, 1.807) is 4.98 Å². The van der Waals surface area contributed by atoms with Crippen LogP contribution in [-0.2, 0) is 6.54 Å². The number of hydrogen-bond acceptors (Lipinski definition) is 3. The Kier molecular flexibility index (Phi) is 2.61. The number of alkyl halides is 3. The number of rotatable bonds is 1. The lowest BCUT2D eigenvalue weighted by molar-refractivity contribution is -0.142. The van der Waals surface area contributed by atoms with E-state index in [0.717, 1.165) is 6.92 Å². The fourth-order valence-corrected chi connectivity index (χ4v) is 0.984. The van der Waals surface area contributed by atoms with Crippen molar-refractivity contribution < 1.29 is 18.3 Å². The molecule has 1 aromatic heterocycles. The quantitative estimate of drug-likeness (QED) is 0.711. The third kappa shape index (κ3) is 2.39. The van der Waals surface area contributed by atoms with E-state index in [2.05, 4.69) is 0 Å². The van der Waals surface area contributed by atoms with E-state index in [9.17, 15) is 22.8 Å². The number of hydrogen-bond donors (Lipinski definition) is 2. The highest BCUT2D eigenvalue weighted by atomic mass is 19.4. The summed E-state index contributed by atoms with van der Waals surface area (Å²) in [5, 5.41) is 9.17. The number of aromatic nitrogens is 2. The monoisotopic (exact) mass is 224 g/mol. The molecule has 0 aromatic carbocycles. The third-order valence-corrected chi connectivity index (χ3v) is 1.73. The van der Waals surface area contributed by atoms with Crippen molar-refractivity contribution in [1.82, 2.24) is 9.55 Å². The molecule has 0 aliphatic heterocycles. The highest BCUT2D eigenvalue weighted by Crippen LogP contribution is 2.19. The molecule has 8 heteroatoms. The number of aromatic amines is 1. The molecule has 1 heterocycles. The zero-order chi connectivity index (χ0) is 11.8. The lowest BCUT2D eigenvalue weighted by atomic mass is 10.3. The molecule has 5 nitrogen and oxygen atoms in total. The van der Waals surface area contributed by atoms with E-state index in [1.165, 1.54) is 0 Å². The summed E-state index contributed by atoms with van der Waals surface area (Å²) in [6.07, 6.45) is -4.65. The Balaban J connectivity index is 3.38. The van der Waals surface area contributed by atoms with Crippen molar-refractivity contribution >= 4 is 0 Å². The van der Waals surface area contributed by atoms with Gasteiger partial charge in [-0.15, -0.1) is 0 Å². The summed E-state index contributed by atoms with van der Waals surface area (Å²) in [6, 6.07) is 0. The van der Waals surface area contributed by atoms with Crippen LogP contribution in [0.2, 0.25) is 0 Å². The first-order valence-corrected chi connectivity index (χ1v) is 3.82. The standard InChI is InChI=1S/C7H7F3N2O3/c1-3-4(13)11-6(15)12(5(3)14)2-7(8,9)10/h14H,2H2,1H3,(H,11,13,15). The smallest absolute Gasteiger partial charge is 0.406 e. The van der Waals surface area contributed by atoms with E-state index in [0.29, 0.717) is 0 Å². The molecular formula is C7H7F3N2O3. The van der Waals surface area contributed by atoms with Gasteiger partial charge in [-0.3, -0.25) is 14.3 Å². The van der Waals surface area contributed by atoms with Gasteiger partial charge in [-0.1, -0.05) is 0 Å². The summed E-state index contributed by atoms with van der Waals surface area (Å²) in [6.45, 7) is -0.532. The Labute approximate surface area is 80.8 Å². The summed E-state index contributed by atoms with van der Waals surface area (Å²) >= 11 is 0. The summed E-state index contributed by atoms with van der Waals surface area (Å²) in [5.41, 5.74) is -2.53. The van der Waals surface area contributed by atoms with Crippen molar-refractivity contribution in [3.8, 4) is 5.88 Å². The average Bonchev–Trinajstić information content (AvgIpc) is 2.07. The molecule has 1 aromatic rings. The second-order valence-corrected chi connectivity index (χ2v) is 2.91. The fraction of sp³-hybridized carbons (Fsp3) is 0.429. The predicted octanol–water partition coefficient (Wildman–Crippen LogP) is 0.113. The third-order valence-electron chi connectivity index (χ3n) is 1.73. The van der Waals surface area contributed by atoms with Gasteiger partial charge in [0.25, 0.3) is 5.56 Å². The fourth-order valence-electron chi connectivity index (χ4n) is 0.984. The van der Waals surface area contributed by atoms with Crippen LogP contribution in [0.3, 0.4) is 0 Å². The SMILES string of the molecule is Cc1c(O)n(CC(F)(F)F)c(=O)[nH]c1=O. The van der Waals surface area contributed by atoms with Crippen molar-refractivity contribution in [1.29, 1.82) is 0 Å². The van der Waals surface area contributed by atoms with Gasteiger partial charge < -0.3 is 5.11 Å². The average molecular weight is 224 g/mol. The maximum atomic E-state index is 12.0. The molecule has 0 radical (unpaired) electrons. The van der Waals surface area contributed by atoms with Gasteiger partial charge in [-0.2, -0.15) is 13.2 Å². The van der Waals surface area contributed by atoms with Crippen LogP contribution in [0.15, 0.2) is 9.59 Å². The zero-order valence-electron chi connectivity index (χ0n) is 7.55. The predicted molar refractivity (Wildman–Crippen MR) is 43.8 cm³/mol. The minimum absolute atomic E-state index is 0.0523. The molecule has 15 heavy (non-hydrogen) atoms. The molecule has 0 aliphatic carbocycles. The topological polar surface area (TPSA) is 75.1 Å². The molecule has 0 saturated heterocycles. The Bertz CT molecular complexity index is 486. The van der Waals surface area contributed by atoms with Crippen molar-refractivity contribution in [2.24, 2.45) is 0 Å². The Hall–Kier alpha value is -1.73. The molecule has 0 amide bonds. The van der Waals surface area contributed by atoms with Crippen LogP contribution in [0.4, 0.5) is 13.2 Å². The first-order valence-electron chi connectivity index (χ1n) is 3.82. The van der Waals surface area contributed by atoms with Crippen molar-refractivity contribution in [2.75, 3.05) is 0 Å². The van der Waals surface area contributed by atoms with Crippen molar-refractivity contribution in [3.05, 3.63) is 26.4 Å². The van der Waals surface area contributed by atoms with Gasteiger partial charge in [0.15, 0.2) is 0 Å². The van der Waals surface area contributed by atoms with Gasteiger partial charge in [0.2, 0.25) is 5.88 Å². The number of halogens is 3. The minimum Gasteiger partial charge on any atom is -0.494 e. The summed E-state index contributed by atoms with van der Waals surface area (Å²) in [4.78, 5) is 23.5. The maximum Gasteiger partial charge on any atom is 0.406 e. The van der Waals surface area contributed by atoms with E-state index >= 15 is 0 Å². The molecular weight excluding hydrogens is 217 g/mol. The molecule has 84 valence electrons. The number of nitrogens with one attached hydrogen (secondary N) is 1. The molecule has 0 atom stereocenters. The van der Waals surface area contributed by atoms with Gasteiger partial charge >= 0.3 is 11.9 Å². The highest BCUT2D eigenvalue weighted by Gasteiger charge is 2.30. The van der Waals surface area contributed by atoms with Crippen LogP contribution in [0.25, 0.3) is 0 Å². The first-order chi connectivity index (χ1) is 6.72. The lowest BCUT2D eigenvalue weighted by Gasteiger charge is -2.11. The van der Waals surface area contributed by atoms with Gasteiger partial charge in [-0.05, 0) is 6.92 Å². The molecule has 0 aliphatic rings. The molecule has 0 spiro atoms. The summed E-state index contributed by atoms with van der Waals surface area (Å²) in [5.74, 6) is -0.971. The van der Waals surface area contributed by atoms with Crippen LogP contribution in [-0.4, -0.2) is 20.8 Å². The van der Waals surface area contributed by atoms with Crippen LogP contribution in [0.1, 0.15) is 5.56 Å². The van der Waals surface area contributed by atoms with E-state index in [-0.39, 0.29) is 10.1 Å². The van der Waals surface area contributed by atoms with Crippen molar-refractivity contribution in [2.45, 2.75) is 19.6 Å². The minimum atomic E-state index is -4.65. The Morgan fingerprint density at radius 3 is 2.40 bits per heavy atom. The maximum absolute atomic E-state index is 12.0. The lowest BCUT2D eigenvalue weighted by Crippen LogP contribution is -2.35. The summed E-state index contributed by atoms with van der Waals surface area (Å²) in [7, 11) is 0. The van der Waals surface area contributed by atoms with Crippen LogP contribution < -0.4 is 11.2 Å². The van der Waals surface area contributed by atoms with Crippen LogP contribution in [0.5, 0.6) is 5.88 Å². The van der Waals surface area contributed by atoms with Crippen LogP contribution in [0, 0.1) is 6.92 Å². The van der Waals surface area contributed by atoms with Crippen molar-refractivity contribution in [3.63, 3.8) is 0 Å². The highest BCUT2D eigenvalue weighted by molar-refractivity contribution is 5.20. The Morgan fingerprint density at radius 2 is 1.93 bits per heavy atom.